The van der Waals surface area contributed by atoms with Crippen molar-refractivity contribution in [3.8, 4) is 0 Å². The Bertz CT molecular complexity index is 823. The number of nitrogens with one attached hydrogen (secondary N) is 1. The van der Waals surface area contributed by atoms with E-state index in [2.05, 4.69) is 9.88 Å². The van der Waals surface area contributed by atoms with Crippen LogP contribution in [0.2, 0.25) is 0 Å². The van der Waals surface area contributed by atoms with Gasteiger partial charge in [0.2, 0.25) is 0 Å². The van der Waals surface area contributed by atoms with E-state index >= 15 is 0 Å². The highest BCUT2D eigenvalue weighted by molar-refractivity contribution is 5.69. The molecule has 0 aromatic carbocycles. The second-order valence-corrected chi connectivity index (χ2v) is 10.2. The Balaban J connectivity index is 1.44. The summed E-state index contributed by atoms with van der Waals surface area (Å²) in [5.74, 6) is 1.28. The standard InChI is InChI=1S/C23H36N4O3/c1-23(2,3)30-22(29)27-12-7-10-17(27)14-26-13-11-18-19(15-26)24-20(25-21(18)28)16-8-5-4-6-9-16/h16-17H,4-15H2,1-3H3,(H,24,25,28). The SMILES string of the molecule is CC(C)(C)OC(=O)N1CCCC1CN1CCc2c(nc(C3CCCCC3)[nH]c2=O)C1. The zero-order valence-corrected chi connectivity index (χ0v) is 18.7. The molecule has 1 atom stereocenters. The van der Waals surface area contributed by atoms with Crippen LogP contribution >= 0.6 is 0 Å². The van der Waals surface area contributed by atoms with E-state index in [0.717, 1.165) is 68.8 Å². The molecule has 1 saturated carbocycles. The van der Waals surface area contributed by atoms with E-state index in [1.165, 1.54) is 19.3 Å². The van der Waals surface area contributed by atoms with Crippen LogP contribution in [-0.2, 0) is 17.7 Å². The predicted molar refractivity (Wildman–Crippen MR) is 116 cm³/mol. The molecule has 3 heterocycles. The molecule has 0 spiro atoms. The van der Waals surface area contributed by atoms with Gasteiger partial charge in [0.15, 0.2) is 0 Å². The molecule has 1 aliphatic carbocycles. The number of H-pyrrole nitrogens is 1. The topological polar surface area (TPSA) is 78.5 Å². The maximum absolute atomic E-state index is 12.7. The number of carbonyl (C=O) groups excluding carboxylic acids is 1. The third-order valence-corrected chi connectivity index (χ3v) is 6.64. The predicted octanol–water partition coefficient (Wildman–Crippen LogP) is 3.58. The van der Waals surface area contributed by atoms with Crippen molar-refractivity contribution in [2.24, 2.45) is 0 Å². The minimum absolute atomic E-state index is 0.0523. The summed E-state index contributed by atoms with van der Waals surface area (Å²) in [5, 5.41) is 0. The van der Waals surface area contributed by atoms with Crippen molar-refractivity contribution >= 4 is 6.09 Å². The van der Waals surface area contributed by atoms with Gasteiger partial charge in [0.1, 0.15) is 11.4 Å². The summed E-state index contributed by atoms with van der Waals surface area (Å²) in [5.41, 5.74) is 1.36. The zero-order valence-electron chi connectivity index (χ0n) is 18.7. The summed E-state index contributed by atoms with van der Waals surface area (Å²) < 4.78 is 5.61. The van der Waals surface area contributed by atoms with Crippen molar-refractivity contribution in [2.75, 3.05) is 19.6 Å². The van der Waals surface area contributed by atoms with Crippen molar-refractivity contribution < 1.29 is 9.53 Å². The van der Waals surface area contributed by atoms with Crippen LogP contribution in [0.3, 0.4) is 0 Å². The number of amides is 1. The second-order valence-electron chi connectivity index (χ2n) is 10.2. The summed E-state index contributed by atoms with van der Waals surface area (Å²) >= 11 is 0. The third kappa shape index (κ3) is 4.88. The molecule has 166 valence electrons. The first-order valence-corrected chi connectivity index (χ1v) is 11.6. The van der Waals surface area contributed by atoms with Crippen molar-refractivity contribution in [2.45, 2.75) is 96.2 Å². The monoisotopic (exact) mass is 416 g/mol. The molecule has 1 aromatic heterocycles. The van der Waals surface area contributed by atoms with Crippen LogP contribution < -0.4 is 5.56 Å². The Morgan fingerprint density at radius 3 is 2.63 bits per heavy atom. The van der Waals surface area contributed by atoms with E-state index in [-0.39, 0.29) is 17.7 Å². The van der Waals surface area contributed by atoms with E-state index in [9.17, 15) is 9.59 Å². The van der Waals surface area contributed by atoms with Gasteiger partial charge in [-0.25, -0.2) is 9.78 Å². The van der Waals surface area contributed by atoms with E-state index < -0.39 is 5.60 Å². The number of carbonyl (C=O) groups is 1. The molecule has 0 radical (unpaired) electrons. The summed E-state index contributed by atoms with van der Waals surface area (Å²) in [7, 11) is 0. The molecule has 1 N–H and O–H groups in total. The summed E-state index contributed by atoms with van der Waals surface area (Å²) in [4.78, 5) is 37.5. The van der Waals surface area contributed by atoms with Crippen LogP contribution in [0.4, 0.5) is 4.79 Å². The Morgan fingerprint density at radius 2 is 1.90 bits per heavy atom. The lowest BCUT2D eigenvalue weighted by Crippen LogP contribution is -2.47. The fraction of sp³-hybridized carbons (Fsp3) is 0.783. The molecule has 2 fully saturated rings. The first kappa shape index (κ1) is 21.3. The zero-order chi connectivity index (χ0) is 21.3. The van der Waals surface area contributed by atoms with Crippen molar-refractivity contribution in [3.63, 3.8) is 0 Å². The van der Waals surface area contributed by atoms with Crippen LogP contribution in [-0.4, -0.2) is 57.1 Å². The van der Waals surface area contributed by atoms with E-state index in [1.807, 2.05) is 25.7 Å². The molecule has 7 heteroatoms. The van der Waals surface area contributed by atoms with Gasteiger partial charge >= 0.3 is 6.09 Å². The molecule has 1 unspecified atom stereocenters. The highest BCUT2D eigenvalue weighted by Gasteiger charge is 2.34. The van der Waals surface area contributed by atoms with Gasteiger partial charge in [-0.2, -0.15) is 0 Å². The van der Waals surface area contributed by atoms with Gasteiger partial charge in [0.05, 0.1) is 5.69 Å². The maximum atomic E-state index is 12.7. The number of likely N-dealkylation sites (tertiary alicyclic amines) is 1. The number of nitrogens with zero attached hydrogens (tertiary/aromatic N) is 3. The number of ether oxygens (including phenoxy) is 1. The Labute approximate surface area is 179 Å². The number of aromatic amines is 1. The Hall–Kier alpha value is -1.89. The number of hydrogen-bond acceptors (Lipinski definition) is 5. The molecule has 30 heavy (non-hydrogen) atoms. The summed E-state index contributed by atoms with van der Waals surface area (Å²) in [6, 6.07) is 0.168. The first-order chi connectivity index (χ1) is 14.3. The molecular formula is C23H36N4O3. The van der Waals surface area contributed by atoms with Gasteiger partial charge in [-0.3, -0.25) is 9.69 Å². The molecule has 1 amide bonds. The third-order valence-electron chi connectivity index (χ3n) is 6.64. The minimum Gasteiger partial charge on any atom is -0.444 e. The average Bonchev–Trinajstić information content (AvgIpc) is 3.15. The highest BCUT2D eigenvalue weighted by Crippen LogP contribution is 2.31. The van der Waals surface area contributed by atoms with Crippen LogP contribution in [0.5, 0.6) is 0 Å². The summed E-state index contributed by atoms with van der Waals surface area (Å²) in [6.07, 6.45) is 8.50. The van der Waals surface area contributed by atoms with Gasteiger partial charge in [-0.1, -0.05) is 19.3 Å². The van der Waals surface area contributed by atoms with Gasteiger partial charge < -0.3 is 14.6 Å². The van der Waals surface area contributed by atoms with Crippen molar-refractivity contribution in [1.29, 1.82) is 0 Å². The summed E-state index contributed by atoms with van der Waals surface area (Å²) in [6.45, 7) is 8.82. The number of hydrogen-bond donors (Lipinski definition) is 1. The van der Waals surface area contributed by atoms with Crippen LogP contribution in [0.1, 0.15) is 88.7 Å². The van der Waals surface area contributed by atoms with Crippen LogP contribution in [0.25, 0.3) is 0 Å². The molecule has 1 saturated heterocycles. The molecular weight excluding hydrogens is 380 g/mol. The molecule has 3 aliphatic rings. The van der Waals surface area contributed by atoms with E-state index in [4.69, 9.17) is 9.72 Å². The average molecular weight is 417 g/mol. The largest absolute Gasteiger partial charge is 0.444 e. The van der Waals surface area contributed by atoms with E-state index in [0.29, 0.717) is 12.5 Å². The minimum atomic E-state index is -0.477. The molecule has 4 rings (SSSR count). The first-order valence-electron chi connectivity index (χ1n) is 11.6. The fourth-order valence-corrected chi connectivity index (χ4v) is 5.12. The highest BCUT2D eigenvalue weighted by atomic mass is 16.6. The number of aromatic nitrogens is 2. The van der Waals surface area contributed by atoms with Gasteiger partial charge in [0.25, 0.3) is 5.56 Å². The normalized spacial score (nSPS) is 23.4. The fourth-order valence-electron chi connectivity index (χ4n) is 5.12. The van der Waals surface area contributed by atoms with Crippen molar-refractivity contribution in [1.82, 2.24) is 19.8 Å². The maximum Gasteiger partial charge on any atom is 0.410 e. The van der Waals surface area contributed by atoms with Gasteiger partial charge in [-0.05, 0) is 52.9 Å². The van der Waals surface area contributed by atoms with Gasteiger partial charge in [0, 0.05) is 43.7 Å². The molecule has 1 aromatic rings. The number of rotatable bonds is 3. The van der Waals surface area contributed by atoms with E-state index in [1.54, 1.807) is 0 Å². The second kappa shape index (κ2) is 8.69. The number of fused-ring (bicyclic) bond motifs is 1. The molecule has 0 bridgehead atoms. The van der Waals surface area contributed by atoms with Gasteiger partial charge in [-0.15, -0.1) is 0 Å². The molecule has 2 aliphatic heterocycles. The lowest BCUT2D eigenvalue weighted by atomic mass is 9.88. The Kier molecular flexibility index (Phi) is 6.19. The van der Waals surface area contributed by atoms with Crippen LogP contribution in [0, 0.1) is 0 Å². The lowest BCUT2D eigenvalue weighted by molar-refractivity contribution is 0.0191. The molecule has 7 nitrogen and oxygen atoms in total. The Morgan fingerprint density at radius 1 is 1.13 bits per heavy atom. The van der Waals surface area contributed by atoms with Crippen LogP contribution in [0.15, 0.2) is 4.79 Å². The quantitative estimate of drug-likeness (QED) is 0.815. The van der Waals surface area contributed by atoms with Crippen molar-refractivity contribution in [3.05, 3.63) is 27.4 Å². The smallest absolute Gasteiger partial charge is 0.410 e. The lowest BCUT2D eigenvalue weighted by Gasteiger charge is -2.34.